The first kappa shape index (κ1) is 16.3. The number of hydrogen-bond donors (Lipinski definition) is 2. The van der Waals surface area contributed by atoms with Gasteiger partial charge >= 0.3 is 6.09 Å². The first-order valence-electron chi connectivity index (χ1n) is 7.66. The summed E-state index contributed by atoms with van der Waals surface area (Å²) in [6, 6.07) is 15.0. The second-order valence-electron chi connectivity index (χ2n) is 5.21. The Morgan fingerprint density at radius 2 is 2.00 bits per heavy atom. The topological polar surface area (TPSA) is 90.1 Å². The molecule has 0 radical (unpaired) electrons. The molecule has 0 aliphatic carbocycles. The summed E-state index contributed by atoms with van der Waals surface area (Å²) >= 11 is 0. The van der Waals surface area contributed by atoms with Gasteiger partial charge in [0.2, 0.25) is 0 Å². The number of fused-ring (bicyclic) bond motifs is 1. The van der Waals surface area contributed by atoms with Crippen LogP contribution in [0.5, 0.6) is 0 Å². The molecule has 0 saturated carbocycles. The quantitative estimate of drug-likeness (QED) is 0.719. The van der Waals surface area contributed by atoms with E-state index in [2.05, 4.69) is 27.1 Å². The zero-order chi connectivity index (χ0) is 17.5. The van der Waals surface area contributed by atoms with Crippen LogP contribution in [0.4, 0.5) is 10.6 Å². The van der Waals surface area contributed by atoms with Crippen LogP contribution < -0.4 is 11.1 Å². The van der Waals surface area contributed by atoms with Crippen molar-refractivity contribution in [3.8, 4) is 11.8 Å². The number of nitrogens with zero attached hydrogens (tertiary/aromatic N) is 2. The largest absolute Gasteiger partial charge is 0.445 e. The monoisotopic (exact) mass is 332 g/mol. The molecule has 0 atom stereocenters. The first-order valence-corrected chi connectivity index (χ1v) is 7.66. The van der Waals surface area contributed by atoms with Gasteiger partial charge in [-0.15, -0.1) is 0 Å². The molecule has 25 heavy (non-hydrogen) atoms. The minimum Gasteiger partial charge on any atom is -0.445 e. The molecular weight excluding hydrogens is 316 g/mol. The maximum absolute atomic E-state index is 11.6. The molecule has 0 fully saturated rings. The average Bonchev–Trinajstić information content (AvgIpc) is 2.65. The van der Waals surface area contributed by atoms with Crippen molar-refractivity contribution < 1.29 is 9.53 Å². The Bertz CT molecular complexity index is 946. The van der Waals surface area contributed by atoms with Crippen molar-refractivity contribution in [3.05, 3.63) is 66.0 Å². The fourth-order valence-electron chi connectivity index (χ4n) is 2.19. The lowest BCUT2D eigenvalue weighted by molar-refractivity contribution is 0.141. The number of benzene rings is 2. The highest BCUT2D eigenvalue weighted by atomic mass is 16.5. The van der Waals surface area contributed by atoms with Gasteiger partial charge in [0.15, 0.2) is 0 Å². The molecule has 1 heterocycles. The number of anilines is 1. The van der Waals surface area contributed by atoms with E-state index in [-0.39, 0.29) is 13.2 Å². The van der Waals surface area contributed by atoms with Gasteiger partial charge in [-0.25, -0.2) is 14.8 Å². The third kappa shape index (κ3) is 4.45. The van der Waals surface area contributed by atoms with E-state index in [1.807, 2.05) is 48.5 Å². The summed E-state index contributed by atoms with van der Waals surface area (Å²) in [4.78, 5) is 19.7. The maximum atomic E-state index is 11.6. The fraction of sp³-hybridized carbons (Fsp3) is 0.105. The van der Waals surface area contributed by atoms with E-state index in [0.717, 1.165) is 22.0 Å². The molecule has 6 heteroatoms. The van der Waals surface area contributed by atoms with Crippen LogP contribution in [0, 0.1) is 11.8 Å². The molecule has 0 spiro atoms. The molecular formula is C19H16N4O2. The van der Waals surface area contributed by atoms with Crippen molar-refractivity contribution in [1.82, 2.24) is 15.3 Å². The fourth-order valence-corrected chi connectivity index (χ4v) is 2.19. The van der Waals surface area contributed by atoms with Crippen molar-refractivity contribution in [1.29, 1.82) is 0 Å². The Hall–Kier alpha value is -3.59. The molecule has 1 aromatic heterocycles. The van der Waals surface area contributed by atoms with Gasteiger partial charge in [0.1, 0.15) is 18.8 Å². The van der Waals surface area contributed by atoms with E-state index in [9.17, 15) is 4.79 Å². The maximum Gasteiger partial charge on any atom is 0.408 e. The average molecular weight is 332 g/mol. The minimum atomic E-state index is -0.505. The van der Waals surface area contributed by atoms with Crippen LogP contribution in [-0.4, -0.2) is 22.6 Å². The predicted octanol–water partition coefficient (Wildman–Crippen LogP) is 2.49. The first-order chi connectivity index (χ1) is 12.2. The van der Waals surface area contributed by atoms with E-state index in [4.69, 9.17) is 10.5 Å². The van der Waals surface area contributed by atoms with Gasteiger partial charge in [-0.05, 0) is 23.8 Å². The third-order valence-corrected chi connectivity index (χ3v) is 3.43. The molecule has 3 N–H and O–H groups in total. The van der Waals surface area contributed by atoms with E-state index in [1.165, 1.54) is 6.33 Å². The Morgan fingerprint density at radius 3 is 2.84 bits per heavy atom. The van der Waals surface area contributed by atoms with Crippen LogP contribution in [0.1, 0.15) is 11.1 Å². The normalized spacial score (nSPS) is 9.92. The van der Waals surface area contributed by atoms with E-state index in [0.29, 0.717) is 5.82 Å². The lowest BCUT2D eigenvalue weighted by atomic mass is 10.1. The van der Waals surface area contributed by atoms with E-state index < -0.39 is 6.09 Å². The molecule has 0 aliphatic rings. The zero-order valence-electron chi connectivity index (χ0n) is 13.4. The summed E-state index contributed by atoms with van der Waals surface area (Å²) in [5, 5.41) is 3.34. The number of nitrogen functional groups attached to an aromatic ring is 1. The lowest BCUT2D eigenvalue weighted by Gasteiger charge is -2.04. The van der Waals surface area contributed by atoms with Crippen molar-refractivity contribution in [3.63, 3.8) is 0 Å². The molecule has 0 bridgehead atoms. The number of alkyl carbamates (subject to hydrolysis) is 1. The third-order valence-electron chi connectivity index (χ3n) is 3.43. The number of aromatic nitrogens is 2. The molecule has 0 aliphatic heterocycles. The van der Waals surface area contributed by atoms with E-state index in [1.54, 1.807) is 0 Å². The molecule has 6 nitrogen and oxygen atoms in total. The highest BCUT2D eigenvalue weighted by molar-refractivity contribution is 5.88. The van der Waals surface area contributed by atoms with Gasteiger partial charge in [-0.2, -0.15) is 0 Å². The number of rotatable bonds is 3. The van der Waals surface area contributed by atoms with Crippen molar-refractivity contribution >= 4 is 22.8 Å². The summed E-state index contributed by atoms with van der Waals surface area (Å²) in [6.07, 6.45) is 0.919. The number of nitrogens with one attached hydrogen (secondary N) is 1. The molecule has 124 valence electrons. The van der Waals surface area contributed by atoms with Crippen LogP contribution in [0.25, 0.3) is 10.9 Å². The van der Waals surface area contributed by atoms with Gasteiger partial charge in [-0.1, -0.05) is 42.2 Å². The number of ether oxygens (including phenoxy) is 1. The molecule has 3 aromatic rings. The molecule has 3 rings (SSSR count). The van der Waals surface area contributed by atoms with Gasteiger partial charge in [0.25, 0.3) is 0 Å². The number of hydrogen-bond acceptors (Lipinski definition) is 5. The SMILES string of the molecule is Nc1ncnc2ccc(C#CCNC(=O)OCc3ccccc3)cc12. The summed E-state index contributed by atoms with van der Waals surface area (Å²) in [7, 11) is 0. The number of nitrogens with two attached hydrogens (primary N) is 1. The highest BCUT2D eigenvalue weighted by Crippen LogP contribution is 2.17. The summed E-state index contributed by atoms with van der Waals surface area (Å²) in [5.41, 5.74) is 8.29. The van der Waals surface area contributed by atoms with Gasteiger partial charge in [0.05, 0.1) is 12.1 Å². The Morgan fingerprint density at radius 1 is 1.16 bits per heavy atom. The Kier molecular flexibility index (Phi) is 5.07. The number of carbonyl (C=O) groups excluding carboxylic acids is 1. The summed E-state index contributed by atoms with van der Waals surface area (Å²) in [5.74, 6) is 6.25. The van der Waals surface area contributed by atoms with Gasteiger partial charge < -0.3 is 15.8 Å². The van der Waals surface area contributed by atoms with Crippen molar-refractivity contribution in [2.24, 2.45) is 0 Å². The van der Waals surface area contributed by atoms with Crippen LogP contribution in [-0.2, 0) is 11.3 Å². The van der Waals surface area contributed by atoms with E-state index >= 15 is 0 Å². The zero-order valence-corrected chi connectivity index (χ0v) is 13.4. The predicted molar refractivity (Wildman–Crippen MR) is 95.5 cm³/mol. The lowest BCUT2D eigenvalue weighted by Crippen LogP contribution is -2.24. The number of carbonyl (C=O) groups is 1. The van der Waals surface area contributed by atoms with Crippen molar-refractivity contribution in [2.75, 3.05) is 12.3 Å². The van der Waals surface area contributed by atoms with Gasteiger partial charge in [0, 0.05) is 10.9 Å². The van der Waals surface area contributed by atoms with Crippen LogP contribution >= 0.6 is 0 Å². The smallest absolute Gasteiger partial charge is 0.408 e. The molecule has 2 aromatic carbocycles. The molecule has 0 unspecified atom stereocenters. The second-order valence-corrected chi connectivity index (χ2v) is 5.21. The van der Waals surface area contributed by atoms with Crippen LogP contribution in [0.3, 0.4) is 0 Å². The molecule has 1 amide bonds. The van der Waals surface area contributed by atoms with Crippen LogP contribution in [0.15, 0.2) is 54.9 Å². The Balaban J connectivity index is 1.52. The van der Waals surface area contributed by atoms with Crippen molar-refractivity contribution in [2.45, 2.75) is 6.61 Å². The molecule has 0 saturated heterocycles. The number of amides is 1. The second kappa shape index (κ2) is 7.79. The summed E-state index contributed by atoms with van der Waals surface area (Å²) in [6.45, 7) is 0.413. The summed E-state index contributed by atoms with van der Waals surface area (Å²) < 4.78 is 5.10. The minimum absolute atomic E-state index is 0.187. The van der Waals surface area contributed by atoms with Gasteiger partial charge in [-0.3, -0.25) is 0 Å². The van der Waals surface area contributed by atoms with Crippen LogP contribution in [0.2, 0.25) is 0 Å². The Labute approximate surface area is 145 Å². The highest BCUT2D eigenvalue weighted by Gasteiger charge is 2.01. The standard InChI is InChI=1S/C19H16N4O2/c20-18-16-11-14(8-9-17(16)22-13-23-18)7-4-10-21-19(24)25-12-15-5-2-1-3-6-15/h1-3,5-6,8-9,11,13H,10,12H2,(H,21,24)(H2,20,22,23).